The van der Waals surface area contributed by atoms with Crippen molar-refractivity contribution in [1.82, 2.24) is 5.32 Å². The lowest BCUT2D eigenvalue weighted by atomic mass is 10.1. The zero-order valence-electron chi connectivity index (χ0n) is 11.6. The molecule has 0 bridgehead atoms. The van der Waals surface area contributed by atoms with Crippen LogP contribution >= 0.6 is 27.3 Å². The van der Waals surface area contributed by atoms with Crippen molar-refractivity contribution < 1.29 is 8.78 Å². The lowest BCUT2D eigenvalue weighted by Gasteiger charge is -2.15. The van der Waals surface area contributed by atoms with Crippen molar-refractivity contribution in [3.05, 3.63) is 45.2 Å². The van der Waals surface area contributed by atoms with E-state index in [9.17, 15) is 8.78 Å². The molecule has 1 aromatic carbocycles. The molecule has 112 valence electrons. The van der Waals surface area contributed by atoms with Crippen LogP contribution in [0.4, 0.5) is 8.78 Å². The van der Waals surface area contributed by atoms with Gasteiger partial charge in [-0.2, -0.15) is 0 Å². The number of hydrogen-bond acceptors (Lipinski definition) is 2. The molecule has 1 nitrogen and oxygen atoms in total. The summed E-state index contributed by atoms with van der Waals surface area (Å²) in [5, 5.41) is 3.50. The van der Waals surface area contributed by atoms with E-state index in [1.54, 1.807) is 11.3 Å². The highest BCUT2D eigenvalue weighted by atomic mass is 79.9. The molecule has 0 radical (unpaired) electrons. The van der Waals surface area contributed by atoms with E-state index in [4.69, 9.17) is 0 Å². The number of halogens is 3. The molecule has 0 saturated heterocycles. The monoisotopic (exact) mass is 371 g/mol. The molecule has 21 heavy (non-hydrogen) atoms. The Morgan fingerprint density at radius 2 is 2.05 bits per heavy atom. The molecule has 1 atom stereocenters. The maximum Gasteiger partial charge on any atom is 0.138 e. The van der Waals surface area contributed by atoms with E-state index in [-0.39, 0.29) is 4.47 Å². The SMILES string of the molecule is CCNC(c1ccc(-c2cc(F)c(Br)cc2F)s1)C1CC1. The Labute approximate surface area is 135 Å². The van der Waals surface area contributed by atoms with E-state index in [0.29, 0.717) is 17.5 Å². The first-order chi connectivity index (χ1) is 10.1. The van der Waals surface area contributed by atoms with E-state index in [1.807, 2.05) is 12.1 Å². The molecule has 2 aromatic rings. The largest absolute Gasteiger partial charge is 0.309 e. The fourth-order valence-electron chi connectivity index (χ4n) is 2.53. The van der Waals surface area contributed by atoms with Gasteiger partial charge < -0.3 is 5.32 Å². The molecule has 0 amide bonds. The summed E-state index contributed by atoms with van der Waals surface area (Å²) in [5.74, 6) is -0.155. The number of rotatable bonds is 5. The van der Waals surface area contributed by atoms with Gasteiger partial charge in [-0.1, -0.05) is 6.92 Å². The minimum Gasteiger partial charge on any atom is -0.309 e. The second kappa shape index (κ2) is 6.15. The van der Waals surface area contributed by atoms with Gasteiger partial charge in [0.15, 0.2) is 0 Å². The lowest BCUT2D eigenvalue weighted by molar-refractivity contribution is 0.504. The van der Waals surface area contributed by atoms with Gasteiger partial charge >= 0.3 is 0 Å². The van der Waals surface area contributed by atoms with Gasteiger partial charge in [-0.25, -0.2) is 8.78 Å². The van der Waals surface area contributed by atoms with Crippen LogP contribution in [0.15, 0.2) is 28.7 Å². The topological polar surface area (TPSA) is 12.0 Å². The molecular weight excluding hydrogens is 356 g/mol. The molecule has 1 N–H and O–H groups in total. The molecule has 0 spiro atoms. The second-order valence-electron chi connectivity index (χ2n) is 5.32. The van der Waals surface area contributed by atoms with Crippen molar-refractivity contribution in [2.75, 3.05) is 6.54 Å². The highest BCUT2D eigenvalue weighted by molar-refractivity contribution is 9.10. The summed E-state index contributed by atoms with van der Waals surface area (Å²) >= 11 is 4.55. The predicted molar refractivity (Wildman–Crippen MR) is 86.5 cm³/mol. The number of hydrogen-bond donors (Lipinski definition) is 1. The number of thiophene rings is 1. The van der Waals surface area contributed by atoms with Gasteiger partial charge in [-0.3, -0.25) is 0 Å². The fourth-order valence-corrected chi connectivity index (χ4v) is 4.04. The molecule has 1 fully saturated rings. The van der Waals surface area contributed by atoms with E-state index in [0.717, 1.165) is 11.4 Å². The van der Waals surface area contributed by atoms with Gasteiger partial charge in [0.1, 0.15) is 11.6 Å². The molecule has 1 aromatic heterocycles. The summed E-state index contributed by atoms with van der Waals surface area (Å²) in [6.07, 6.45) is 2.48. The molecule has 5 heteroatoms. The Balaban J connectivity index is 1.92. The summed E-state index contributed by atoms with van der Waals surface area (Å²) in [6.45, 7) is 3.00. The van der Waals surface area contributed by atoms with Gasteiger partial charge in [0, 0.05) is 21.4 Å². The third kappa shape index (κ3) is 3.20. The third-order valence-electron chi connectivity index (χ3n) is 3.73. The van der Waals surface area contributed by atoms with Gasteiger partial charge in [-0.15, -0.1) is 11.3 Å². The van der Waals surface area contributed by atoms with Gasteiger partial charge in [-0.05, 0) is 65.5 Å². The minimum atomic E-state index is -0.438. The van der Waals surface area contributed by atoms with Crippen LogP contribution in [0.25, 0.3) is 10.4 Å². The van der Waals surface area contributed by atoms with Gasteiger partial charge in [0.2, 0.25) is 0 Å². The Hall–Kier alpha value is -0.780. The van der Waals surface area contributed by atoms with E-state index >= 15 is 0 Å². The molecule has 3 rings (SSSR count). The average molecular weight is 372 g/mol. The Bertz CT molecular complexity index is 652. The summed E-state index contributed by atoms with van der Waals surface area (Å²) in [5.41, 5.74) is 0.331. The highest BCUT2D eigenvalue weighted by Gasteiger charge is 2.32. The average Bonchev–Trinajstić information content (AvgIpc) is 3.17. The molecule has 0 aliphatic heterocycles. The molecule has 1 unspecified atom stereocenters. The molecule has 1 saturated carbocycles. The maximum absolute atomic E-state index is 14.0. The normalized spacial score (nSPS) is 16.2. The molecule has 1 heterocycles. The van der Waals surface area contributed by atoms with Crippen molar-refractivity contribution >= 4 is 27.3 Å². The highest BCUT2D eigenvalue weighted by Crippen LogP contribution is 2.44. The van der Waals surface area contributed by atoms with E-state index in [1.165, 1.54) is 29.9 Å². The van der Waals surface area contributed by atoms with E-state index < -0.39 is 11.6 Å². The molecule has 1 aliphatic rings. The van der Waals surface area contributed by atoms with Crippen LogP contribution in [0, 0.1) is 17.6 Å². The second-order valence-corrected chi connectivity index (χ2v) is 7.29. The first-order valence-electron chi connectivity index (χ1n) is 7.08. The van der Waals surface area contributed by atoms with Crippen molar-refractivity contribution in [3.8, 4) is 10.4 Å². The lowest BCUT2D eigenvalue weighted by Crippen LogP contribution is -2.21. The van der Waals surface area contributed by atoms with Crippen LogP contribution in [0.1, 0.15) is 30.7 Å². The molecular formula is C16H16BrF2NS. The summed E-state index contributed by atoms with van der Waals surface area (Å²) < 4.78 is 27.8. The van der Waals surface area contributed by atoms with Gasteiger partial charge in [0.25, 0.3) is 0 Å². The summed E-state index contributed by atoms with van der Waals surface area (Å²) in [7, 11) is 0. The Kier molecular flexibility index (Phi) is 4.43. The zero-order valence-corrected chi connectivity index (χ0v) is 14.0. The van der Waals surface area contributed by atoms with Crippen molar-refractivity contribution in [2.24, 2.45) is 5.92 Å². The summed E-state index contributed by atoms with van der Waals surface area (Å²) in [4.78, 5) is 1.98. The quantitative estimate of drug-likeness (QED) is 0.682. The predicted octanol–water partition coefficient (Wildman–Crippen LogP) is 5.52. The van der Waals surface area contributed by atoms with Gasteiger partial charge in [0.05, 0.1) is 4.47 Å². The first-order valence-corrected chi connectivity index (χ1v) is 8.69. The Morgan fingerprint density at radius 1 is 1.29 bits per heavy atom. The van der Waals surface area contributed by atoms with Crippen LogP contribution in [-0.4, -0.2) is 6.54 Å². The Morgan fingerprint density at radius 3 is 2.71 bits per heavy atom. The third-order valence-corrected chi connectivity index (χ3v) is 5.54. The van der Waals surface area contributed by atoms with Crippen molar-refractivity contribution in [2.45, 2.75) is 25.8 Å². The van der Waals surface area contributed by atoms with Crippen LogP contribution < -0.4 is 5.32 Å². The van der Waals surface area contributed by atoms with Crippen molar-refractivity contribution in [1.29, 1.82) is 0 Å². The zero-order chi connectivity index (χ0) is 15.0. The van der Waals surface area contributed by atoms with E-state index in [2.05, 4.69) is 28.2 Å². The smallest absolute Gasteiger partial charge is 0.138 e. The molecule has 1 aliphatic carbocycles. The van der Waals surface area contributed by atoms with Crippen LogP contribution in [0.3, 0.4) is 0 Å². The van der Waals surface area contributed by atoms with Crippen LogP contribution in [-0.2, 0) is 0 Å². The first kappa shape index (κ1) is 15.1. The van der Waals surface area contributed by atoms with Crippen LogP contribution in [0.2, 0.25) is 0 Å². The van der Waals surface area contributed by atoms with Crippen LogP contribution in [0.5, 0.6) is 0 Å². The maximum atomic E-state index is 14.0. The fraction of sp³-hybridized carbons (Fsp3) is 0.375. The number of benzene rings is 1. The number of nitrogens with one attached hydrogen (secondary N) is 1. The summed E-state index contributed by atoms with van der Waals surface area (Å²) in [6, 6.07) is 6.71. The van der Waals surface area contributed by atoms with Crippen molar-refractivity contribution in [3.63, 3.8) is 0 Å². The minimum absolute atomic E-state index is 0.157. The standard InChI is InChI=1S/C16H16BrF2NS/c1-2-20-16(9-3-4-9)15-6-5-14(21-15)10-7-13(19)11(17)8-12(10)18/h5-9,16,20H,2-4H2,1H3.